The van der Waals surface area contributed by atoms with Gasteiger partial charge in [-0.2, -0.15) is 0 Å². The highest BCUT2D eigenvalue weighted by Crippen LogP contribution is 2.30. The molecule has 1 saturated heterocycles. The van der Waals surface area contributed by atoms with E-state index in [4.69, 9.17) is 0 Å². The standard InChI is InChI=1S/C20H24N2O/c1-21(14-8-16-22-15-7-13-20(22)23)19-12-6-5-11-18(19)17-9-3-2-4-10-17/h2-6,9-12H,7-8,13-16H2,1H3. The van der Waals surface area contributed by atoms with Crippen LogP contribution in [-0.2, 0) is 4.79 Å². The van der Waals surface area contributed by atoms with Gasteiger partial charge < -0.3 is 9.80 Å². The van der Waals surface area contributed by atoms with Crippen LogP contribution in [0.5, 0.6) is 0 Å². The SMILES string of the molecule is CN(CCCN1CCCC1=O)c1ccccc1-c1ccccc1. The van der Waals surface area contributed by atoms with Gasteiger partial charge in [0.25, 0.3) is 0 Å². The van der Waals surface area contributed by atoms with Crippen LogP contribution in [0.2, 0.25) is 0 Å². The van der Waals surface area contributed by atoms with E-state index in [9.17, 15) is 4.79 Å². The molecule has 0 radical (unpaired) electrons. The third kappa shape index (κ3) is 3.73. The average Bonchev–Trinajstić information content (AvgIpc) is 3.01. The average molecular weight is 308 g/mol. The van der Waals surface area contributed by atoms with E-state index < -0.39 is 0 Å². The zero-order valence-corrected chi connectivity index (χ0v) is 13.7. The first-order valence-corrected chi connectivity index (χ1v) is 8.39. The highest BCUT2D eigenvalue weighted by atomic mass is 16.2. The molecular formula is C20H24N2O. The molecule has 0 unspecified atom stereocenters. The topological polar surface area (TPSA) is 23.6 Å². The number of carbonyl (C=O) groups excluding carboxylic acids is 1. The molecule has 0 saturated carbocycles. The van der Waals surface area contributed by atoms with E-state index in [-0.39, 0.29) is 0 Å². The molecule has 1 aliphatic heterocycles. The largest absolute Gasteiger partial charge is 0.374 e. The number of benzene rings is 2. The molecule has 0 bridgehead atoms. The number of amides is 1. The van der Waals surface area contributed by atoms with Crippen molar-refractivity contribution < 1.29 is 4.79 Å². The molecule has 0 aliphatic carbocycles. The van der Waals surface area contributed by atoms with Crippen molar-refractivity contribution in [1.29, 1.82) is 0 Å². The molecule has 3 nitrogen and oxygen atoms in total. The van der Waals surface area contributed by atoms with E-state index in [1.807, 2.05) is 11.0 Å². The maximum atomic E-state index is 11.7. The summed E-state index contributed by atoms with van der Waals surface area (Å²) in [6.07, 6.45) is 2.75. The first-order chi connectivity index (χ1) is 11.3. The van der Waals surface area contributed by atoms with Gasteiger partial charge in [-0.25, -0.2) is 0 Å². The Bertz CT molecular complexity index is 654. The molecular weight excluding hydrogens is 284 g/mol. The van der Waals surface area contributed by atoms with Gasteiger partial charge in [-0.05, 0) is 24.5 Å². The van der Waals surface area contributed by atoms with Crippen molar-refractivity contribution in [2.45, 2.75) is 19.3 Å². The number of likely N-dealkylation sites (tertiary alicyclic amines) is 1. The van der Waals surface area contributed by atoms with Crippen molar-refractivity contribution in [2.75, 3.05) is 31.6 Å². The fraction of sp³-hybridized carbons (Fsp3) is 0.350. The van der Waals surface area contributed by atoms with Crippen molar-refractivity contribution in [3.63, 3.8) is 0 Å². The van der Waals surface area contributed by atoms with Gasteiger partial charge in [-0.3, -0.25) is 4.79 Å². The Morgan fingerprint density at radius 3 is 2.52 bits per heavy atom. The summed E-state index contributed by atoms with van der Waals surface area (Å²) in [6.45, 7) is 2.76. The molecule has 23 heavy (non-hydrogen) atoms. The van der Waals surface area contributed by atoms with Crippen LogP contribution in [0.25, 0.3) is 11.1 Å². The van der Waals surface area contributed by atoms with E-state index in [0.29, 0.717) is 5.91 Å². The molecule has 120 valence electrons. The third-order valence-corrected chi connectivity index (χ3v) is 4.49. The van der Waals surface area contributed by atoms with E-state index in [1.54, 1.807) is 0 Å². The van der Waals surface area contributed by atoms with Crippen molar-refractivity contribution in [3.8, 4) is 11.1 Å². The maximum Gasteiger partial charge on any atom is 0.222 e. The summed E-state index contributed by atoms with van der Waals surface area (Å²) in [6, 6.07) is 19.0. The minimum atomic E-state index is 0.317. The zero-order chi connectivity index (χ0) is 16.1. The summed E-state index contributed by atoms with van der Waals surface area (Å²) >= 11 is 0. The van der Waals surface area contributed by atoms with Gasteiger partial charge in [0.15, 0.2) is 0 Å². The molecule has 3 heteroatoms. The van der Waals surface area contributed by atoms with Crippen molar-refractivity contribution in [1.82, 2.24) is 4.90 Å². The number of carbonyl (C=O) groups is 1. The van der Waals surface area contributed by atoms with Crippen LogP contribution < -0.4 is 4.90 Å². The monoisotopic (exact) mass is 308 g/mol. The molecule has 0 atom stereocenters. The molecule has 2 aromatic carbocycles. The third-order valence-electron chi connectivity index (χ3n) is 4.49. The van der Waals surface area contributed by atoms with E-state index in [0.717, 1.165) is 38.9 Å². The Balaban J connectivity index is 1.65. The van der Waals surface area contributed by atoms with Crippen LogP contribution in [0, 0.1) is 0 Å². The summed E-state index contributed by atoms with van der Waals surface area (Å²) < 4.78 is 0. The van der Waals surface area contributed by atoms with Gasteiger partial charge >= 0.3 is 0 Å². The van der Waals surface area contributed by atoms with Crippen LogP contribution in [0.4, 0.5) is 5.69 Å². The van der Waals surface area contributed by atoms with Crippen molar-refractivity contribution in [2.24, 2.45) is 0 Å². The highest BCUT2D eigenvalue weighted by molar-refractivity contribution is 5.79. The molecule has 2 aromatic rings. The normalized spacial score (nSPS) is 14.3. The minimum absolute atomic E-state index is 0.317. The number of nitrogens with zero attached hydrogens (tertiary/aromatic N) is 2. The predicted molar refractivity (Wildman–Crippen MR) is 95.6 cm³/mol. The van der Waals surface area contributed by atoms with Crippen molar-refractivity contribution in [3.05, 3.63) is 54.6 Å². The Morgan fingerprint density at radius 1 is 1.04 bits per heavy atom. The van der Waals surface area contributed by atoms with Gasteiger partial charge in [-0.1, -0.05) is 48.5 Å². The van der Waals surface area contributed by atoms with Crippen LogP contribution in [0.1, 0.15) is 19.3 Å². The Morgan fingerprint density at radius 2 is 1.78 bits per heavy atom. The molecule has 1 heterocycles. The Hall–Kier alpha value is -2.29. The number of rotatable bonds is 6. The van der Waals surface area contributed by atoms with Gasteiger partial charge in [0.2, 0.25) is 5.91 Å². The zero-order valence-electron chi connectivity index (χ0n) is 13.7. The second-order valence-corrected chi connectivity index (χ2v) is 6.14. The van der Waals surface area contributed by atoms with E-state index >= 15 is 0 Å². The van der Waals surface area contributed by atoms with Gasteiger partial charge in [0.1, 0.15) is 0 Å². The second kappa shape index (κ2) is 7.32. The van der Waals surface area contributed by atoms with Crippen LogP contribution in [0.15, 0.2) is 54.6 Å². The fourth-order valence-electron chi connectivity index (χ4n) is 3.23. The van der Waals surface area contributed by atoms with Gasteiger partial charge in [-0.15, -0.1) is 0 Å². The summed E-state index contributed by atoms with van der Waals surface area (Å²) in [5, 5.41) is 0. The summed E-state index contributed by atoms with van der Waals surface area (Å²) in [7, 11) is 2.13. The van der Waals surface area contributed by atoms with Gasteiger partial charge in [0, 0.05) is 44.4 Å². The second-order valence-electron chi connectivity index (χ2n) is 6.14. The van der Waals surface area contributed by atoms with E-state index in [2.05, 4.69) is 60.5 Å². The lowest BCUT2D eigenvalue weighted by Gasteiger charge is -2.24. The van der Waals surface area contributed by atoms with Gasteiger partial charge in [0.05, 0.1) is 0 Å². The fourth-order valence-corrected chi connectivity index (χ4v) is 3.23. The lowest BCUT2D eigenvalue weighted by molar-refractivity contribution is -0.127. The minimum Gasteiger partial charge on any atom is -0.374 e. The Kier molecular flexibility index (Phi) is 4.96. The number of hydrogen-bond acceptors (Lipinski definition) is 2. The molecule has 0 spiro atoms. The summed E-state index contributed by atoms with van der Waals surface area (Å²) in [4.78, 5) is 16.0. The van der Waals surface area contributed by atoms with Crippen LogP contribution in [-0.4, -0.2) is 37.5 Å². The molecule has 1 amide bonds. The molecule has 3 rings (SSSR count). The molecule has 1 aliphatic rings. The molecule has 0 aromatic heterocycles. The maximum absolute atomic E-state index is 11.7. The summed E-state index contributed by atoms with van der Waals surface area (Å²) in [5.74, 6) is 0.317. The first kappa shape index (κ1) is 15.6. The van der Waals surface area contributed by atoms with Crippen LogP contribution >= 0.6 is 0 Å². The highest BCUT2D eigenvalue weighted by Gasteiger charge is 2.19. The molecule has 1 fully saturated rings. The smallest absolute Gasteiger partial charge is 0.222 e. The quantitative estimate of drug-likeness (QED) is 0.810. The molecule has 0 N–H and O–H groups in total. The first-order valence-electron chi connectivity index (χ1n) is 8.39. The Labute approximate surface area is 138 Å². The van der Waals surface area contributed by atoms with E-state index in [1.165, 1.54) is 16.8 Å². The summed E-state index contributed by atoms with van der Waals surface area (Å²) in [5.41, 5.74) is 3.74. The number of para-hydroxylation sites is 1. The predicted octanol–water partition coefficient (Wildman–Crippen LogP) is 3.80. The van der Waals surface area contributed by atoms with Crippen LogP contribution in [0.3, 0.4) is 0 Å². The van der Waals surface area contributed by atoms with Crippen molar-refractivity contribution >= 4 is 11.6 Å². The number of hydrogen-bond donors (Lipinski definition) is 0. The number of anilines is 1. The lowest BCUT2D eigenvalue weighted by atomic mass is 10.0. The lowest BCUT2D eigenvalue weighted by Crippen LogP contribution is -2.29.